The molecule has 0 aromatic carbocycles. The fourth-order valence-electron chi connectivity index (χ4n) is 9.41. The van der Waals surface area contributed by atoms with Gasteiger partial charge in [-0.1, -0.05) is 33.1 Å². The van der Waals surface area contributed by atoms with Gasteiger partial charge >= 0.3 is 5.97 Å². The maximum absolute atomic E-state index is 12.6. The zero-order valence-electron chi connectivity index (χ0n) is 20.7. The Balaban J connectivity index is 1.22. The molecule has 4 heteroatoms. The summed E-state index contributed by atoms with van der Waals surface area (Å²) in [6.07, 6.45) is 16.3. The molecule has 0 N–H and O–H groups in total. The predicted octanol–water partition coefficient (Wildman–Crippen LogP) is 5.98. The topological polar surface area (TPSA) is 46.6 Å². The molecule has 2 unspecified atom stereocenters. The summed E-state index contributed by atoms with van der Waals surface area (Å²) in [6.45, 7) is 5.66. The highest BCUT2D eigenvalue weighted by atomic mass is 16.5. The summed E-state index contributed by atoms with van der Waals surface area (Å²) in [5.74, 6) is 3.81. The molecule has 1 aliphatic heterocycles. The number of piperidine rings is 1. The third kappa shape index (κ3) is 3.72. The zero-order chi connectivity index (χ0) is 22.5. The minimum absolute atomic E-state index is 0.0561. The number of fused-ring (bicyclic) bond motifs is 5. The molecule has 1 amide bonds. The van der Waals surface area contributed by atoms with Gasteiger partial charge in [0.2, 0.25) is 5.91 Å². The van der Waals surface area contributed by atoms with Gasteiger partial charge < -0.3 is 9.64 Å². The molecule has 0 bridgehead atoms. The summed E-state index contributed by atoms with van der Waals surface area (Å²) in [5, 5.41) is 0. The van der Waals surface area contributed by atoms with Crippen LogP contribution in [0.15, 0.2) is 0 Å². The number of carbonyl (C=O) groups is 2. The van der Waals surface area contributed by atoms with Crippen LogP contribution in [0.4, 0.5) is 0 Å². The first kappa shape index (κ1) is 22.7. The smallest absolute Gasteiger partial charge is 0.306 e. The third-order valence-corrected chi connectivity index (χ3v) is 11.4. The van der Waals surface area contributed by atoms with Gasteiger partial charge in [-0.3, -0.25) is 9.59 Å². The molecule has 1 saturated heterocycles. The number of esters is 1. The molecule has 180 valence electrons. The first-order valence-electron chi connectivity index (χ1n) is 13.7. The van der Waals surface area contributed by atoms with Crippen LogP contribution in [0.25, 0.3) is 0 Å². The van der Waals surface area contributed by atoms with Crippen molar-refractivity contribution in [3.63, 3.8) is 0 Å². The largest absolute Gasteiger partial charge is 0.465 e. The Kier molecular flexibility index (Phi) is 6.12. The molecule has 4 aliphatic carbocycles. The number of nitrogens with zero attached hydrogens (tertiary/aromatic N) is 1. The minimum atomic E-state index is 0.0561. The van der Waals surface area contributed by atoms with Gasteiger partial charge in [0, 0.05) is 25.9 Å². The lowest BCUT2D eigenvalue weighted by molar-refractivity contribution is -0.161. The summed E-state index contributed by atoms with van der Waals surface area (Å²) in [6, 6.07) is 0.437. The lowest BCUT2D eigenvalue weighted by Gasteiger charge is -2.61. The van der Waals surface area contributed by atoms with E-state index in [1.165, 1.54) is 70.6 Å². The fraction of sp³-hybridized carbons (Fsp3) is 0.929. The number of carbonyl (C=O) groups excluding carboxylic acids is 2. The summed E-state index contributed by atoms with van der Waals surface area (Å²) in [5.41, 5.74) is 0.614. The van der Waals surface area contributed by atoms with E-state index in [0.717, 1.165) is 30.6 Å². The number of amides is 1. The van der Waals surface area contributed by atoms with Gasteiger partial charge in [-0.25, -0.2) is 0 Å². The van der Waals surface area contributed by atoms with E-state index in [1.807, 2.05) is 7.05 Å². The molecular weight excluding hydrogens is 398 g/mol. The normalized spacial score (nSPS) is 44.5. The van der Waals surface area contributed by atoms with Crippen molar-refractivity contribution in [2.75, 3.05) is 13.7 Å². The van der Waals surface area contributed by atoms with Gasteiger partial charge in [0.25, 0.3) is 0 Å². The Morgan fingerprint density at radius 1 is 0.938 bits per heavy atom. The zero-order valence-corrected chi connectivity index (χ0v) is 20.7. The van der Waals surface area contributed by atoms with Gasteiger partial charge in [-0.05, 0) is 98.2 Å². The molecule has 7 atom stereocenters. The molecule has 0 spiro atoms. The van der Waals surface area contributed by atoms with Crippen LogP contribution in [0.5, 0.6) is 0 Å². The number of hydrogen-bond acceptors (Lipinski definition) is 3. The summed E-state index contributed by atoms with van der Waals surface area (Å²) < 4.78 is 5.93. The average Bonchev–Trinajstić information content (AvgIpc) is 3.12. The first-order chi connectivity index (χ1) is 15.3. The Morgan fingerprint density at radius 3 is 2.47 bits per heavy atom. The molecule has 32 heavy (non-hydrogen) atoms. The SMILES string of the molecule is CN1C(=O)CC[C@@]2(C)C1CC[C@@H]1[C@H]2CC[C@]2(C)C(COC(=O)CC3CCCCC3)CC[C@@H]12. The standard InChI is InChI=1S/C28H45NO3/c1-27-15-13-23-21(10-12-24-28(23,2)16-14-25(30)29(24)3)22(27)11-9-20(27)18-32-26(31)17-19-7-5-4-6-8-19/h19-24H,4-18H2,1-3H3/t20?,21-,22-,23+,24?,27+,28+/m0/s1. The van der Waals surface area contributed by atoms with Gasteiger partial charge in [-0.2, -0.15) is 0 Å². The molecule has 4 saturated carbocycles. The molecule has 4 nitrogen and oxygen atoms in total. The quantitative estimate of drug-likeness (QED) is 0.502. The third-order valence-electron chi connectivity index (χ3n) is 11.4. The van der Waals surface area contributed by atoms with Crippen LogP contribution in [0.2, 0.25) is 0 Å². The minimum Gasteiger partial charge on any atom is -0.465 e. The van der Waals surface area contributed by atoms with Crippen molar-refractivity contribution in [2.45, 2.75) is 110 Å². The van der Waals surface area contributed by atoms with E-state index < -0.39 is 0 Å². The Hall–Kier alpha value is -1.06. The van der Waals surface area contributed by atoms with Crippen molar-refractivity contribution in [2.24, 2.45) is 40.4 Å². The number of ether oxygens (including phenoxy) is 1. The van der Waals surface area contributed by atoms with E-state index >= 15 is 0 Å². The maximum Gasteiger partial charge on any atom is 0.306 e. The molecule has 5 aliphatic rings. The highest BCUT2D eigenvalue weighted by Crippen LogP contribution is 2.66. The molecule has 1 heterocycles. The van der Waals surface area contributed by atoms with Crippen molar-refractivity contribution < 1.29 is 14.3 Å². The maximum atomic E-state index is 12.6. The van der Waals surface area contributed by atoms with E-state index in [1.54, 1.807) is 0 Å². The summed E-state index contributed by atoms with van der Waals surface area (Å²) >= 11 is 0. The van der Waals surface area contributed by atoms with Crippen LogP contribution in [0, 0.1) is 40.4 Å². The molecule has 5 rings (SSSR count). The molecular formula is C28H45NO3. The van der Waals surface area contributed by atoms with Crippen LogP contribution in [0.1, 0.15) is 104 Å². The van der Waals surface area contributed by atoms with Crippen LogP contribution in [-0.2, 0) is 14.3 Å². The van der Waals surface area contributed by atoms with Crippen molar-refractivity contribution in [3.8, 4) is 0 Å². The van der Waals surface area contributed by atoms with Crippen molar-refractivity contribution >= 4 is 11.9 Å². The number of hydrogen-bond donors (Lipinski definition) is 0. The summed E-state index contributed by atoms with van der Waals surface area (Å²) in [4.78, 5) is 27.0. The van der Waals surface area contributed by atoms with Crippen LogP contribution >= 0.6 is 0 Å². The van der Waals surface area contributed by atoms with Gasteiger partial charge in [0.05, 0.1) is 6.61 Å². The predicted molar refractivity (Wildman–Crippen MR) is 126 cm³/mol. The average molecular weight is 444 g/mol. The van der Waals surface area contributed by atoms with Crippen LogP contribution < -0.4 is 0 Å². The Labute approximate surface area is 195 Å². The van der Waals surface area contributed by atoms with E-state index in [-0.39, 0.29) is 11.4 Å². The Bertz CT molecular complexity index is 730. The second kappa shape index (κ2) is 8.62. The first-order valence-corrected chi connectivity index (χ1v) is 13.7. The van der Waals surface area contributed by atoms with E-state index in [0.29, 0.717) is 42.2 Å². The molecule has 0 aromatic heterocycles. The van der Waals surface area contributed by atoms with Gasteiger partial charge in [0.15, 0.2) is 0 Å². The second-order valence-electron chi connectivity index (χ2n) is 12.7. The lowest BCUT2D eigenvalue weighted by atomic mass is 9.47. The molecule has 5 fully saturated rings. The number of likely N-dealkylation sites (tertiary alicyclic amines) is 1. The monoisotopic (exact) mass is 443 g/mol. The fourth-order valence-corrected chi connectivity index (χ4v) is 9.41. The van der Waals surface area contributed by atoms with Gasteiger partial charge in [0.1, 0.15) is 0 Å². The van der Waals surface area contributed by atoms with E-state index in [9.17, 15) is 9.59 Å². The van der Waals surface area contributed by atoms with Crippen molar-refractivity contribution in [3.05, 3.63) is 0 Å². The molecule has 0 aromatic rings. The lowest BCUT2D eigenvalue weighted by Crippen LogP contribution is -2.61. The Morgan fingerprint density at radius 2 is 1.69 bits per heavy atom. The highest BCUT2D eigenvalue weighted by Gasteiger charge is 2.61. The molecule has 0 radical (unpaired) electrons. The van der Waals surface area contributed by atoms with Gasteiger partial charge in [-0.15, -0.1) is 0 Å². The van der Waals surface area contributed by atoms with E-state index in [4.69, 9.17) is 4.74 Å². The van der Waals surface area contributed by atoms with Crippen LogP contribution in [0.3, 0.4) is 0 Å². The van der Waals surface area contributed by atoms with Crippen molar-refractivity contribution in [1.29, 1.82) is 0 Å². The highest BCUT2D eigenvalue weighted by molar-refractivity contribution is 5.77. The van der Waals surface area contributed by atoms with Crippen LogP contribution in [-0.4, -0.2) is 36.5 Å². The summed E-state index contributed by atoms with van der Waals surface area (Å²) in [7, 11) is 2.05. The van der Waals surface area contributed by atoms with E-state index in [2.05, 4.69) is 18.7 Å². The van der Waals surface area contributed by atoms with Crippen molar-refractivity contribution in [1.82, 2.24) is 4.90 Å². The second-order valence-corrected chi connectivity index (χ2v) is 12.7. The number of rotatable bonds is 4.